The van der Waals surface area contributed by atoms with Gasteiger partial charge in [0.2, 0.25) is 0 Å². The monoisotopic (exact) mass is 362 g/mol. The smallest absolute Gasteiger partial charge is 0.274 e. The lowest BCUT2D eigenvalue weighted by Crippen LogP contribution is -2.29. The van der Waals surface area contributed by atoms with E-state index in [1.807, 2.05) is 12.3 Å². The first-order valence-corrected chi connectivity index (χ1v) is 8.27. The van der Waals surface area contributed by atoms with Crippen molar-refractivity contribution in [3.63, 3.8) is 0 Å². The number of nitrogens with one attached hydrogen (secondary N) is 1. The van der Waals surface area contributed by atoms with Crippen molar-refractivity contribution in [2.75, 3.05) is 23.3 Å². The Labute approximate surface area is 138 Å². The predicted molar refractivity (Wildman–Crippen MR) is 93.0 cm³/mol. The van der Waals surface area contributed by atoms with Crippen LogP contribution in [0.5, 0.6) is 0 Å². The molecule has 3 heterocycles. The summed E-state index contributed by atoms with van der Waals surface area (Å²) >= 11 is 3.40. The van der Waals surface area contributed by atoms with E-state index in [-0.39, 0.29) is 5.56 Å². The molecule has 0 bridgehead atoms. The fraction of sp³-hybridized carbons (Fsp3) is 0.375. The van der Waals surface area contributed by atoms with E-state index in [0.29, 0.717) is 11.5 Å². The molecule has 2 aromatic heterocycles. The Kier molecular flexibility index (Phi) is 4.47. The van der Waals surface area contributed by atoms with Gasteiger partial charge < -0.3 is 14.8 Å². The normalized spacial score (nSPS) is 14.9. The van der Waals surface area contributed by atoms with E-state index in [2.05, 4.69) is 37.2 Å². The van der Waals surface area contributed by atoms with Crippen molar-refractivity contribution in [2.45, 2.75) is 19.3 Å². The van der Waals surface area contributed by atoms with Crippen LogP contribution in [-0.2, 0) is 7.05 Å². The summed E-state index contributed by atoms with van der Waals surface area (Å²) in [6.07, 6.45) is 7.41. The van der Waals surface area contributed by atoms with Crippen molar-refractivity contribution in [3.8, 4) is 0 Å². The Bertz CT molecular complexity index is 705. The van der Waals surface area contributed by atoms with Crippen LogP contribution in [0.25, 0.3) is 0 Å². The van der Waals surface area contributed by atoms with Crippen molar-refractivity contribution in [2.24, 2.45) is 7.05 Å². The molecule has 0 aliphatic carbocycles. The minimum atomic E-state index is -0.0786. The standard InChI is InChI=1S/C16H19BrN4O/c1-20-11-12(17)9-14(16(20)22)19-15-6-5-13(10-18-15)21-7-3-2-4-8-21/h5-6,9-11H,2-4,7-8H2,1H3,(H,18,19). The van der Waals surface area contributed by atoms with Crippen molar-refractivity contribution in [1.29, 1.82) is 0 Å². The summed E-state index contributed by atoms with van der Waals surface area (Å²) < 4.78 is 2.39. The minimum absolute atomic E-state index is 0.0786. The number of nitrogens with zero attached hydrogens (tertiary/aromatic N) is 3. The van der Waals surface area contributed by atoms with Crippen LogP contribution < -0.4 is 15.8 Å². The zero-order valence-corrected chi connectivity index (χ0v) is 14.1. The van der Waals surface area contributed by atoms with Gasteiger partial charge in [-0.25, -0.2) is 4.98 Å². The third kappa shape index (κ3) is 3.32. The second-order valence-corrected chi connectivity index (χ2v) is 6.48. The first-order valence-electron chi connectivity index (χ1n) is 7.48. The highest BCUT2D eigenvalue weighted by Crippen LogP contribution is 2.21. The van der Waals surface area contributed by atoms with Gasteiger partial charge >= 0.3 is 0 Å². The van der Waals surface area contributed by atoms with E-state index in [9.17, 15) is 4.79 Å². The lowest BCUT2D eigenvalue weighted by molar-refractivity contribution is 0.577. The van der Waals surface area contributed by atoms with Crippen LogP contribution in [0.4, 0.5) is 17.2 Å². The van der Waals surface area contributed by atoms with Crippen molar-refractivity contribution in [1.82, 2.24) is 9.55 Å². The van der Waals surface area contributed by atoms with Gasteiger partial charge in [0.15, 0.2) is 0 Å². The van der Waals surface area contributed by atoms with Crippen molar-refractivity contribution in [3.05, 3.63) is 45.4 Å². The van der Waals surface area contributed by atoms with Gasteiger partial charge in [0.25, 0.3) is 5.56 Å². The Morgan fingerprint density at radius 1 is 1.23 bits per heavy atom. The molecule has 1 aliphatic heterocycles. The highest BCUT2D eigenvalue weighted by atomic mass is 79.9. The number of piperidine rings is 1. The zero-order chi connectivity index (χ0) is 15.5. The Morgan fingerprint density at radius 2 is 2.00 bits per heavy atom. The Hall–Kier alpha value is -1.82. The number of hydrogen-bond acceptors (Lipinski definition) is 4. The predicted octanol–water partition coefficient (Wildman–Crippen LogP) is 3.28. The second kappa shape index (κ2) is 6.52. The molecule has 0 spiro atoms. The topological polar surface area (TPSA) is 50.2 Å². The van der Waals surface area contributed by atoms with Gasteiger partial charge in [-0.2, -0.15) is 0 Å². The molecule has 1 aliphatic rings. The van der Waals surface area contributed by atoms with Crippen molar-refractivity contribution < 1.29 is 0 Å². The third-order valence-corrected chi connectivity index (χ3v) is 4.32. The van der Waals surface area contributed by atoms with Crippen LogP contribution in [0.1, 0.15) is 19.3 Å². The molecule has 0 aromatic carbocycles. The van der Waals surface area contributed by atoms with Crippen LogP contribution in [-0.4, -0.2) is 22.6 Å². The van der Waals surface area contributed by atoms with Crippen molar-refractivity contribution >= 4 is 33.1 Å². The zero-order valence-electron chi connectivity index (χ0n) is 12.6. The van der Waals surface area contributed by atoms with E-state index in [0.717, 1.165) is 23.2 Å². The third-order valence-electron chi connectivity index (χ3n) is 3.88. The van der Waals surface area contributed by atoms with E-state index in [1.54, 1.807) is 19.3 Å². The molecule has 0 radical (unpaired) electrons. The van der Waals surface area contributed by atoms with Crippen LogP contribution in [0, 0.1) is 0 Å². The summed E-state index contributed by atoms with van der Waals surface area (Å²) in [5.41, 5.74) is 1.58. The second-order valence-electron chi connectivity index (χ2n) is 5.56. The molecule has 0 saturated carbocycles. The maximum Gasteiger partial charge on any atom is 0.274 e. The summed E-state index contributed by atoms with van der Waals surface area (Å²) in [4.78, 5) is 18.9. The molecule has 1 saturated heterocycles. The lowest BCUT2D eigenvalue weighted by atomic mass is 10.1. The summed E-state index contributed by atoms with van der Waals surface area (Å²) in [6, 6.07) is 5.75. The maximum absolute atomic E-state index is 12.1. The molecule has 3 rings (SSSR count). The van der Waals surface area contributed by atoms with E-state index in [1.165, 1.54) is 23.8 Å². The quantitative estimate of drug-likeness (QED) is 0.910. The fourth-order valence-corrected chi connectivity index (χ4v) is 3.23. The number of hydrogen-bond donors (Lipinski definition) is 1. The highest BCUT2D eigenvalue weighted by Gasteiger charge is 2.11. The molecule has 22 heavy (non-hydrogen) atoms. The number of aryl methyl sites for hydroxylation is 1. The molecular weight excluding hydrogens is 344 g/mol. The largest absolute Gasteiger partial charge is 0.370 e. The molecule has 5 nitrogen and oxygen atoms in total. The summed E-state index contributed by atoms with van der Waals surface area (Å²) in [6.45, 7) is 2.20. The first kappa shape index (κ1) is 15.1. The van der Waals surface area contributed by atoms with Gasteiger partial charge in [0, 0.05) is 30.8 Å². The Balaban J connectivity index is 1.77. The molecule has 6 heteroatoms. The Morgan fingerprint density at radius 3 is 2.68 bits per heavy atom. The number of anilines is 3. The SMILES string of the molecule is Cn1cc(Br)cc(Nc2ccc(N3CCCCC3)cn2)c1=O. The average molecular weight is 363 g/mol. The van der Waals surface area contributed by atoms with E-state index < -0.39 is 0 Å². The molecule has 0 atom stereocenters. The highest BCUT2D eigenvalue weighted by molar-refractivity contribution is 9.10. The number of pyridine rings is 2. The molecule has 1 N–H and O–H groups in total. The molecule has 0 unspecified atom stereocenters. The number of halogens is 1. The van der Waals surface area contributed by atoms with Gasteiger partial charge in [-0.3, -0.25) is 4.79 Å². The van der Waals surface area contributed by atoms with E-state index in [4.69, 9.17) is 0 Å². The summed E-state index contributed by atoms with van der Waals surface area (Å²) in [5.74, 6) is 0.677. The van der Waals surface area contributed by atoms with Gasteiger partial charge in [-0.1, -0.05) is 0 Å². The fourth-order valence-electron chi connectivity index (χ4n) is 2.70. The maximum atomic E-state index is 12.1. The van der Waals surface area contributed by atoms with Gasteiger partial charge in [0.1, 0.15) is 11.5 Å². The molecule has 2 aromatic rings. The van der Waals surface area contributed by atoms with E-state index >= 15 is 0 Å². The van der Waals surface area contributed by atoms with Crippen LogP contribution in [0.15, 0.2) is 39.9 Å². The molecule has 0 amide bonds. The molecular formula is C16H19BrN4O. The first-order chi connectivity index (χ1) is 10.6. The van der Waals surface area contributed by atoms with Gasteiger partial charge in [-0.15, -0.1) is 0 Å². The lowest BCUT2D eigenvalue weighted by Gasteiger charge is -2.28. The molecule has 116 valence electrons. The number of aromatic nitrogens is 2. The minimum Gasteiger partial charge on any atom is -0.370 e. The summed E-state index contributed by atoms with van der Waals surface area (Å²) in [7, 11) is 1.73. The number of rotatable bonds is 3. The summed E-state index contributed by atoms with van der Waals surface area (Å²) in [5, 5.41) is 3.09. The van der Waals surface area contributed by atoms with Gasteiger partial charge in [-0.05, 0) is 53.4 Å². The average Bonchev–Trinajstić information content (AvgIpc) is 2.54. The van der Waals surface area contributed by atoms with Crippen LogP contribution in [0.2, 0.25) is 0 Å². The van der Waals surface area contributed by atoms with Crippen LogP contribution in [0.3, 0.4) is 0 Å². The van der Waals surface area contributed by atoms with Gasteiger partial charge in [0.05, 0.1) is 11.9 Å². The molecule has 1 fully saturated rings. The van der Waals surface area contributed by atoms with Crippen LogP contribution >= 0.6 is 15.9 Å².